The molecule has 0 aliphatic carbocycles. The first-order valence-electron chi connectivity index (χ1n) is 11.1. The molecule has 184 valence electrons. The van der Waals surface area contributed by atoms with Crippen molar-refractivity contribution in [2.24, 2.45) is 10.7 Å². The summed E-state index contributed by atoms with van der Waals surface area (Å²) in [7, 11) is -3.85. The minimum atomic E-state index is -3.85. The van der Waals surface area contributed by atoms with Crippen molar-refractivity contribution in [2.75, 3.05) is 10.5 Å². The number of amidine groups is 1. The zero-order valence-electron chi connectivity index (χ0n) is 19.1. The molecule has 0 amide bonds. The van der Waals surface area contributed by atoms with Crippen LogP contribution in [0.2, 0.25) is 0 Å². The fraction of sp³-hybridized carbons (Fsp3) is 0.160. The van der Waals surface area contributed by atoms with E-state index in [0.717, 1.165) is 28.9 Å². The van der Waals surface area contributed by atoms with E-state index in [4.69, 9.17) is 5.73 Å². The molecular formula is C25H21F2N5O3S. The number of nitrogens with one attached hydrogen (secondary N) is 2. The Balaban J connectivity index is 1.55. The van der Waals surface area contributed by atoms with Gasteiger partial charge in [-0.1, -0.05) is 19.1 Å². The van der Waals surface area contributed by atoms with E-state index >= 15 is 4.39 Å². The number of nitrogens with zero attached hydrogens (tertiary/aromatic N) is 2. The van der Waals surface area contributed by atoms with Gasteiger partial charge in [-0.05, 0) is 41.8 Å². The van der Waals surface area contributed by atoms with Crippen LogP contribution >= 0.6 is 0 Å². The van der Waals surface area contributed by atoms with Crippen molar-refractivity contribution in [3.63, 3.8) is 0 Å². The molecule has 0 unspecified atom stereocenters. The predicted octanol–water partition coefficient (Wildman–Crippen LogP) is 4.44. The van der Waals surface area contributed by atoms with E-state index in [1.165, 1.54) is 6.20 Å². The van der Waals surface area contributed by atoms with Gasteiger partial charge in [0.2, 0.25) is 15.8 Å². The van der Waals surface area contributed by atoms with Gasteiger partial charge < -0.3 is 10.7 Å². The van der Waals surface area contributed by atoms with Crippen molar-refractivity contribution >= 4 is 44.1 Å². The van der Waals surface area contributed by atoms with Gasteiger partial charge in [-0.15, -0.1) is 0 Å². The van der Waals surface area contributed by atoms with Crippen LogP contribution in [0, 0.1) is 11.6 Å². The Morgan fingerprint density at radius 2 is 1.97 bits per heavy atom. The summed E-state index contributed by atoms with van der Waals surface area (Å²) in [6.07, 6.45) is 3.82. The molecular weight excluding hydrogens is 488 g/mol. The van der Waals surface area contributed by atoms with Crippen molar-refractivity contribution in [2.45, 2.75) is 19.8 Å². The minimum Gasteiger partial charge on any atom is -0.387 e. The Hall–Kier alpha value is -4.12. The van der Waals surface area contributed by atoms with Crippen LogP contribution < -0.4 is 10.5 Å². The van der Waals surface area contributed by atoms with Gasteiger partial charge in [-0.3, -0.25) is 9.52 Å². The molecule has 4 aromatic rings. The predicted molar refractivity (Wildman–Crippen MR) is 134 cm³/mol. The highest BCUT2D eigenvalue weighted by Gasteiger charge is 2.26. The molecule has 8 nitrogen and oxygen atoms in total. The second-order valence-electron chi connectivity index (χ2n) is 8.48. The summed E-state index contributed by atoms with van der Waals surface area (Å²) in [4.78, 5) is 24.8. The second kappa shape index (κ2) is 8.83. The van der Waals surface area contributed by atoms with Crippen molar-refractivity contribution < 1.29 is 22.0 Å². The number of aliphatic imine (C=N–C) groups is 1. The molecule has 5 rings (SSSR count). The number of carbonyl (C=O) groups excluding carboxylic acids is 1. The van der Waals surface area contributed by atoms with Gasteiger partial charge in [0.1, 0.15) is 17.3 Å². The van der Waals surface area contributed by atoms with Gasteiger partial charge in [-0.25, -0.2) is 27.2 Å². The summed E-state index contributed by atoms with van der Waals surface area (Å²) in [5.74, 6) is -3.06. The molecule has 36 heavy (non-hydrogen) atoms. The van der Waals surface area contributed by atoms with Gasteiger partial charge in [0.05, 0.1) is 22.7 Å². The number of ketones is 1. The summed E-state index contributed by atoms with van der Waals surface area (Å²) in [6.45, 7) is 1.65. The van der Waals surface area contributed by atoms with Crippen molar-refractivity contribution in [3.8, 4) is 11.1 Å². The van der Waals surface area contributed by atoms with E-state index in [1.807, 2.05) is 18.2 Å². The van der Waals surface area contributed by atoms with E-state index in [0.29, 0.717) is 35.3 Å². The van der Waals surface area contributed by atoms with Crippen molar-refractivity contribution in [3.05, 3.63) is 77.1 Å². The fourth-order valence-corrected chi connectivity index (χ4v) is 5.33. The third kappa shape index (κ3) is 4.22. The molecule has 2 aromatic heterocycles. The number of H-pyrrole nitrogens is 1. The first-order chi connectivity index (χ1) is 17.2. The zero-order chi connectivity index (χ0) is 25.6. The smallest absolute Gasteiger partial charge is 0.232 e. The van der Waals surface area contributed by atoms with Crippen molar-refractivity contribution in [1.29, 1.82) is 0 Å². The summed E-state index contributed by atoms with van der Waals surface area (Å²) in [5.41, 5.74) is 8.02. The number of benzene rings is 2. The van der Waals surface area contributed by atoms with E-state index in [9.17, 15) is 17.6 Å². The monoisotopic (exact) mass is 509 g/mol. The Kier molecular flexibility index (Phi) is 5.79. The molecule has 0 saturated carbocycles. The molecule has 0 radical (unpaired) electrons. The molecule has 0 bridgehead atoms. The maximum atomic E-state index is 15.2. The Morgan fingerprint density at radius 3 is 2.75 bits per heavy atom. The largest absolute Gasteiger partial charge is 0.387 e. The number of hydrogen-bond acceptors (Lipinski definition) is 6. The van der Waals surface area contributed by atoms with Crippen LogP contribution in [0.4, 0.5) is 20.2 Å². The molecule has 1 aliphatic rings. The van der Waals surface area contributed by atoms with Crippen LogP contribution in [-0.2, 0) is 16.4 Å². The second-order valence-corrected chi connectivity index (χ2v) is 10.3. The van der Waals surface area contributed by atoms with Crippen LogP contribution in [0.1, 0.15) is 34.8 Å². The average Bonchev–Trinajstić information content (AvgIpc) is 3.42. The van der Waals surface area contributed by atoms with Gasteiger partial charge in [-0.2, -0.15) is 0 Å². The quantitative estimate of drug-likeness (QED) is 0.317. The number of sulfonamides is 1. The highest BCUT2D eigenvalue weighted by atomic mass is 32.2. The fourth-order valence-electron chi connectivity index (χ4n) is 4.20. The number of aromatic nitrogens is 2. The number of carbonyl (C=O) groups is 1. The van der Waals surface area contributed by atoms with E-state index < -0.39 is 38.7 Å². The van der Waals surface area contributed by atoms with Crippen molar-refractivity contribution in [1.82, 2.24) is 9.97 Å². The standard InChI is InChI=1S/C25H21F2N5O3S/c1-2-7-36(34,35)32-19-6-5-18(26)22(23(19)27)24(33)17-12-30-25-16(17)8-15(11-29-25)13-3-4-14-10-21(28)31-20(14)9-13/h3-6,8-9,11-12,32H,2,7,10H2,1H3,(H2,28,31)(H,29,30). The molecule has 0 fully saturated rings. The van der Waals surface area contributed by atoms with Crippen LogP contribution in [-0.4, -0.2) is 35.8 Å². The van der Waals surface area contributed by atoms with Gasteiger partial charge in [0.25, 0.3) is 0 Å². The maximum absolute atomic E-state index is 15.2. The van der Waals surface area contributed by atoms with Gasteiger partial charge in [0, 0.05) is 35.3 Å². The molecule has 1 aliphatic heterocycles. The lowest BCUT2D eigenvalue weighted by atomic mass is 9.99. The third-order valence-corrected chi connectivity index (χ3v) is 7.36. The van der Waals surface area contributed by atoms with E-state index in [1.54, 1.807) is 19.2 Å². The highest BCUT2D eigenvalue weighted by Crippen LogP contribution is 2.33. The first-order valence-corrected chi connectivity index (χ1v) is 12.8. The molecule has 0 saturated heterocycles. The van der Waals surface area contributed by atoms with Crippen LogP contribution in [0.25, 0.3) is 22.2 Å². The van der Waals surface area contributed by atoms with Crippen LogP contribution in [0.5, 0.6) is 0 Å². The molecule has 3 heterocycles. The molecule has 2 aromatic carbocycles. The lowest BCUT2D eigenvalue weighted by molar-refractivity contribution is 0.103. The number of hydrogen-bond donors (Lipinski definition) is 3. The number of anilines is 1. The minimum absolute atomic E-state index is 0.00543. The lowest BCUT2D eigenvalue weighted by Crippen LogP contribution is -2.18. The van der Waals surface area contributed by atoms with E-state index in [-0.39, 0.29) is 11.3 Å². The van der Waals surface area contributed by atoms with Crippen LogP contribution in [0.15, 0.2) is 53.8 Å². The summed E-state index contributed by atoms with van der Waals surface area (Å²) >= 11 is 0. The first kappa shape index (κ1) is 23.6. The number of halogens is 2. The van der Waals surface area contributed by atoms with Gasteiger partial charge in [0.15, 0.2) is 5.82 Å². The van der Waals surface area contributed by atoms with Gasteiger partial charge >= 0.3 is 0 Å². The number of fused-ring (bicyclic) bond motifs is 2. The normalized spacial score (nSPS) is 13.0. The molecule has 11 heteroatoms. The topological polar surface area (TPSA) is 130 Å². The molecule has 0 spiro atoms. The maximum Gasteiger partial charge on any atom is 0.232 e. The Bertz CT molecular complexity index is 1680. The molecule has 4 N–H and O–H groups in total. The summed E-state index contributed by atoms with van der Waals surface area (Å²) in [6, 6.07) is 9.16. The number of rotatable bonds is 7. The SMILES string of the molecule is CCCS(=O)(=O)Nc1ccc(F)c(C(=O)c2c[nH]c3ncc(-c4ccc5c(c4)N=C(N)C5)cc23)c1F. The Labute approximate surface area is 205 Å². The number of nitrogens with two attached hydrogens (primary N) is 1. The third-order valence-electron chi connectivity index (χ3n) is 5.89. The molecule has 0 atom stereocenters. The van der Waals surface area contributed by atoms with E-state index in [2.05, 4.69) is 19.7 Å². The zero-order valence-corrected chi connectivity index (χ0v) is 19.9. The number of pyridine rings is 1. The van der Waals surface area contributed by atoms with Crippen LogP contribution in [0.3, 0.4) is 0 Å². The highest BCUT2D eigenvalue weighted by molar-refractivity contribution is 7.92. The average molecular weight is 510 g/mol. The number of aromatic amines is 1. The summed E-state index contributed by atoms with van der Waals surface area (Å²) < 4.78 is 56.2. The summed E-state index contributed by atoms with van der Waals surface area (Å²) in [5, 5.41) is 0.358. The lowest BCUT2D eigenvalue weighted by Gasteiger charge is -2.11. The Morgan fingerprint density at radius 1 is 1.17 bits per heavy atom.